The third kappa shape index (κ3) is 5.64. The van der Waals surface area contributed by atoms with Crippen LogP contribution in [0.15, 0.2) is 60.7 Å². The van der Waals surface area contributed by atoms with Gasteiger partial charge in [-0.2, -0.15) is 0 Å². The molecular formula is C34H36. The maximum atomic E-state index is 3.50. The summed E-state index contributed by atoms with van der Waals surface area (Å²) in [6.07, 6.45) is 12.0. The van der Waals surface area contributed by atoms with Gasteiger partial charge < -0.3 is 0 Å². The first-order valence-electron chi connectivity index (χ1n) is 13.2. The van der Waals surface area contributed by atoms with Crippen LogP contribution in [-0.4, -0.2) is 0 Å². The summed E-state index contributed by atoms with van der Waals surface area (Å²) in [6, 6.07) is 22.1. The van der Waals surface area contributed by atoms with Gasteiger partial charge in [0, 0.05) is 34.7 Å². The van der Waals surface area contributed by atoms with Crippen LogP contribution >= 0.6 is 0 Å². The minimum Gasteiger partial charge on any atom is -0.0979 e. The summed E-state index contributed by atoms with van der Waals surface area (Å²) in [5.74, 6) is 13.9. The molecule has 0 atom stereocenters. The minimum absolute atomic E-state index is 0.974. The minimum atomic E-state index is 0.974. The average molecular weight is 445 g/mol. The Balaban J connectivity index is 1.75. The van der Waals surface area contributed by atoms with E-state index in [1.165, 1.54) is 83.7 Å². The second kappa shape index (κ2) is 12.3. The Morgan fingerprint density at radius 3 is 1.41 bits per heavy atom. The first kappa shape index (κ1) is 23.9. The van der Waals surface area contributed by atoms with Gasteiger partial charge in [0.25, 0.3) is 0 Å². The smallest absolute Gasteiger partial charge is 0.0329 e. The van der Waals surface area contributed by atoms with Crippen molar-refractivity contribution in [3.63, 3.8) is 0 Å². The third-order valence-corrected chi connectivity index (χ3v) is 6.64. The first-order valence-corrected chi connectivity index (χ1v) is 13.2. The molecule has 4 rings (SSSR count). The van der Waals surface area contributed by atoms with E-state index in [1.807, 2.05) is 0 Å². The van der Waals surface area contributed by atoms with Gasteiger partial charge in [0.15, 0.2) is 0 Å². The largest absolute Gasteiger partial charge is 0.0979 e. The molecule has 0 fully saturated rings. The van der Waals surface area contributed by atoms with Crippen molar-refractivity contribution in [3.05, 3.63) is 71.8 Å². The predicted molar refractivity (Wildman–Crippen MR) is 150 cm³/mol. The van der Waals surface area contributed by atoms with Gasteiger partial charge in [-0.1, -0.05) is 125 Å². The summed E-state index contributed by atoms with van der Waals surface area (Å²) in [6.45, 7) is 4.50. The lowest BCUT2D eigenvalue weighted by molar-refractivity contribution is 0.679. The van der Waals surface area contributed by atoms with Crippen LogP contribution in [-0.2, 0) is 0 Å². The highest BCUT2D eigenvalue weighted by Crippen LogP contribution is 2.34. The maximum absolute atomic E-state index is 3.50. The van der Waals surface area contributed by atoms with Gasteiger partial charge in [0.05, 0.1) is 0 Å². The predicted octanol–water partition coefficient (Wildman–Crippen LogP) is 9.79. The van der Waals surface area contributed by atoms with Gasteiger partial charge in [-0.15, -0.1) is 0 Å². The van der Waals surface area contributed by atoms with E-state index < -0.39 is 0 Å². The Labute approximate surface area is 205 Å². The fourth-order valence-electron chi connectivity index (χ4n) is 4.79. The van der Waals surface area contributed by atoms with Crippen LogP contribution in [0.2, 0.25) is 0 Å². The van der Waals surface area contributed by atoms with E-state index in [0.717, 1.165) is 24.0 Å². The third-order valence-electron chi connectivity index (χ3n) is 6.64. The fourth-order valence-corrected chi connectivity index (χ4v) is 4.79. The van der Waals surface area contributed by atoms with Crippen LogP contribution in [0.1, 0.15) is 89.2 Å². The maximum Gasteiger partial charge on any atom is 0.0329 e. The van der Waals surface area contributed by atoms with Crippen molar-refractivity contribution >= 4 is 32.3 Å². The lowest BCUT2D eigenvalue weighted by atomic mass is 9.92. The molecule has 0 spiro atoms. The molecule has 0 bridgehead atoms. The highest BCUT2D eigenvalue weighted by Gasteiger charge is 2.09. The van der Waals surface area contributed by atoms with Crippen LogP contribution in [0, 0.1) is 23.7 Å². The number of hydrogen-bond donors (Lipinski definition) is 0. The second-order valence-electron chi connectivity index (χ2n) is 9.26. The Hall–Kier alpha value is -3.22. The van der Waals surface area contributed by atoms with Gasteiger partial charge >= 0.3 is 0 Å². The van der Waals surface area contributed by atoms with Crippen LogP contribution in [0.4, 0.5) is 0 Å². The van der Waals surface area contributed by atoms with Gasteiger partial charge in [0.1, 0.15) is 0 Å². The fraction of sp³-hybridized carbons (Fsp3) is 0.353. The molecule has 0 aromatic heterocycles. The van der Waals surface area contributed by atoms with Gasteiger partial charge in [-0.3, -0.25) is 0 Å². The lowest BCUT2D eigenvalue weighted by Gasteiger charge is -2.10. The van der Waals surface area contributed by atoms with Crippen molar-refractivity contribution in [2.75, 3.05) is 0 Å². The normalized spacial score (nSPS) is 10.8. The van der Waals surface area contributed by atoms with Gasteiger partial charge in [-0.25, -0.2) is 0 Å². The zero-order valence-electron chi connectivity index (χ0n) is 20.8. The molecule has 0 nitrogen and oxygen atoms in total. The highest BCUT2D eigenvalue weighted by atomic mass is 14.1. The first-order chi connectivity index (χ1) is 16.8. The summed E-state index contributed by atoms with van der Waals surface area (Å²) < 4.78 is 0. The lowest BCUT2D eigenvalue weighted by Crippen LogP contribution is -1.87. The molecule has 0 amide bonds. The zero-order valence-corrected chi connectivity index (χ0v) is 20.8. The van der Waals surface area contributed by atoms with E-state index in [4.69, 9.17) is 0 Å². The molecule has 0 unspecified atom stereocenters. The van der Waals surface area contributed by atoms with E-state index in [9.17, 15) is 0 Å². The van der Waals surface area contributed by atoms with E-state index in [2.05, 4.69) is 98.2 Å². The number of unbranched alkanes of at least 4 members (excludes halogenated alkanes) is 8. The summed E-state index contributed by atoms with van der Waals surface area (Å²) in [4.78, 5) is 0. The molecular weight excluding hydrogens is 408 g/mol. The number of benzene rings is 4. The van der Waals surface area contributed by atoms with Crippen molar-refractivity contribution in [3.8, 4) is 23.7 Å². The van der Waals surface area contributed by atoms with E-state index in [0.29, 0.717) is 0 Å². The Bertz CT molecular complexity index is 1270. The molecule has 0 radical (unpaired) electrons. The average Bonchev–Trinajstić information content (AvgIpc) is 2.87. The molecule has 4 aromatic carbocycles. The van der Waals surface area contributed by atoms with E-state index >= 15 is 0 Å². The van der Waals surface area contributed by atoms with Crippen LogP contribution in [0.3, 0.4) is 0 Å². The van der Waals surface area contributed by atoms with Crippen molar-refractivity contribution in [2.45, 2.75) is 78.1 Å². The molecule has 0 N–H and O–H groups in total. The topological polar surface area (TPSA) is 0 Å². The number of fused-ring (bicyclic) bond motifs is 5. The summed E-state index contributed by atoms with van der Waals surface area (Å²) in [5, 5.41) is 7.60. The van der Waals surface area contributed by atoms with Crippen molar-refractivity contribution in [1.82, 2.24) is 0 Å². The molecule has 0 saturated heterocycles. The molecule has 34 heavy (non-hydrogen) atoms. The summed E-state index contributed by atoms with van der Waals surface area (Å²) in [7, 11) is 0. The Morgan fingerprint density at radius 1 is 0.500 bits per heavy atom. The second-order valence-corrected chi connectivity index (χ2v) is 9.26. The number of hydrogen-bond acceptors (Lipinski definition) is 0. The molecule has 0 heterocycles. The highest BCUT2D eigenvalue weighted by molar-refractivity contribution is 6.19. The molecule has 0 saturated carbocycles. The van der Waals surface area contributed by atoms with E-state index in [1.54, 1.807) is 0 Å². The Kier molecular flexibility index (Phi) is 8.65. The van der Waals surface area contributed by atoms with Crippen molar-refractivity contribution in [2.24, 2.45) is 0 Å². The van der Waals surface area contributed by atoms with Crippen molar-refractivity contribution in [1.29, 1.82) is 0 Å². The Morgan fingerprint density at radius 2 is 0.971 bits per heavy atom. The monoisotopic (exact) mass is 444 g/mol. The molecule has 4 aromatic rings. The van der Waals surface area contributed by atoms with Gasteiger partial charge in [-0.05, 0) is 46.5 Å². The number of rotatable bonds is 8. The quantitative estimate of drug-likeness (QED) is 0.144. The summed E-state index contributed by atoms with van der Waals surface area (Å²) in [5.41, 5.74) is 2.27. The van der Waals surface area contributed by atoms with Crippen LogP contribution in [0.25, 0.3) is 32.3 Å². The standard InChI is InChI=1S/C34H36/c1-3-5-7-9-11-13-17-27-19-15-21-29-23-26-32-31(33(27)29)25-24-30-22-16-20-28(34(30)32)18-14-12-10-8-6-4-2/h15-16,19-26H,3-12H2,1-2H3. The molecule has 0 aliphatic rings. The molecule has 0 aliphatic carbocycles. The van der Waals surface area contributed by atoms with Crippen LogP contribution < -0.4 is 0 Å². The van der Waals surface area contributed by atoms with Gasteiger partial charge in [0.2, 0.25) is 0 Å². The van der Waals surface area contributed by atoms with Crippen molar-refractivity contribution < 1.29 is 0 Å². The zero-order chi connectivity index (χ0) is 23.6. The SMILES string of the molecule is CCCCCCC#Cc1cccc2ccc3c(ccc4cccc(C#CCCCCCC)c43)c12. The molecule has 0 aliphatic heterocycles. The molecule has 172 valence electrons. The van der Waals surface area contributed by atoms with E-state index in [-0.39, 0.29) is 0 Å². The van der Waals surface area contributed by atoms with Crippen LogP contribution in [0.5, 0.6) is 0 Å². The molecule has 0 heteroatoms. The summed E-state index contributed by atoms with van der Waals surface area (Å²) >= 11 is 0.